The molecule has 1 aromatic carbocycles. The average molecular weight is 461 g/mol. The molecule has 1 saturated heterocycles. The summed E-state index contributed by atoms with van der Waals surface area (Å²) in [6, 6.07) is 9.36. The van der Waals surface area contributed by atoms with E-state index in [0.717, 1.165) is 55.9 Å². The smallest absolute Gasteiger partial charge is 0.163 e. The van der Waals surface area contributed by atoms with Gasteiger partial charge in [-0.15, -0.1) is 0 Å². The number of aromatic nitrogens is 1. The molecule has 32 heavy (non-hydrogen) atoms. The van der Waals surface area contributed by atoms with Crippen molar-refractivity contribution in [3.05, 3.63) is 52.7 Å². The molecule has 0 atom stereocenters. The first kappa shape index (κ1) is 24.5. The fourth-order valence-electron chi connectivity index (χ4n) is 4.17. The molecule has 1 fully saturated rings. The predicted octanol–water partition coefficient (Wildman–Crippen LogP) is 4.29. The maximum absolute atomic E-state index is 12.4. The third-order valence-corrected chi connectivity index (χ3v) is 6.39. The van der Waals surface area contributed by atoms with Gasteiger partial charge in [-0.05, 0) is 74.4 Å². The highest BCUT2D eigenvalue weighted by Crippen LogP contribution is 2.26. The van der Waals surface area contributed by atoms with Gasteiger partial charge in [0.15, 0.2) is 5.78 Å². The van der Waals surface area contributed by atoms with Crippen LogP contribution in [0.25, 0.3) is 0 Å². The lowest BCUT2D eigenvalue weighted by atomic mass is 9.92. The van der Waals surface area contributed by atoms with Gasteiger partial charge in [0.1, 0.15) is 11.6 Å². The van der Waals surface area contributed by atoms with Crippen molar-refractivity contribution in [2.24, 2.45) is 11.8 Å². The Morgan fingerprint density at radius 3 is 2.59 bits per heavy atom. The number of aryl methyl sites for hydroxylation is 1. The summed E-state index contributed by atoms with van der Waals surface area (Å²) in [6.07, 6.45) is 6.29. The van der Waals surface area contributed by atoms with Crippen LogP contribution in [0.2, 0.25) is 5.02 Å². The second-order valence-electron chi connectivity index (χ2n) is 8.59. The topological polar surface area (TPSA) is 82.9 Å². The molecule has 0 unspecified atom stereocenters. The summed E-state index contributed by atoms with van der Waals surface area (Å²) < 4.78 is 5.91. The van der Waals surface area contributed by atoms with Gasteiger partial charge in [0.05, 0.1) is 11.6 Å². The van der Waals surface area contributed by atoms with E-state index in [0.29, 0.717) is 23.1 Å². The number of Topliss-reactive ketones (excluding diaryl/α,β-unsaturated/α-hetero) is 1. The number of ether oxygens (including phenoxy) is 1. The second kappa shape index (κ2) is 12.2. The highest BCUT2D eigenvalue weighted by Gasteiger charge is 2.20. The number of ketones is 1. The number of carbonyl (C=O) groups is 1. The molecule has 2 heterocycles. The van der Waals surface area contributed by atoms with E-state index < -0.39 is 5.92 Å². The summed E-state index contributed by atoms with van der Waals surface area (Å²) in [7, 11) is 0. The van der Waals surface area contributed by atoms with E-state index in [1.165, 1.54) is 0 Å². The first-order chi connectivity index (χ1) is 15.5. The molecule has 0 aliphatic carbocycles. The van der Waals surface area contributed by atoms with Gasteiger partial charge < -0.3 is 19.8 Å². The third kappa shape index (κ3) is 6.92. The number of nitrogens with zero attached hydrogens (tertiary/aromatic N) is 2. The summed E-state index contributed by atoms with van der Waals surface area (Å²) in [5.41, 5.74) is 1.47. The van der Waals surface area contributed by atoms with Crippen LogP contribution in [0.3, 0.4) is 0 Å². The standard InChI is InChI=1S/C25H33ClN2O4/c1-18-13-22(5-6-23(18)24(31)14-20(16-29)17-30)32-12-2-3-19-8-10-28(11-9-19)25-7-4-21(26)15-27-25/h4-7,13,15,19-20,29-30H,2-3,8-12,14,16-17H2,1H3. The Bertz CT molecular complexity index is 863. The number of hydrogen-bond acceptors (Lipinski definition) is 6. The minimum atomic E-state index is -0.410. The second-order valence-corrected chi connectivity index (χ2v) is 9.03. The number of piperidine rings is 1. The lowest BCUT2D eigenvalue weighted by Crippen LogP contribution is -2.34. The molecule has 2 N–H and O–H groups in total. The molecule has 6 nitrogen and oxygen atoms in total. The van der Waals surface area contributed by atoms with E-state index in [1.807, 2.05) is 31.2 Å². The highest BCUT2D eigenvalue weighted by atomic mass is 35.5. The van der Waals surface area contributed by atoms with Crippen LogP contribution in [-0.4, -0.2) is 53.9 Å². The van der Waals surface area contributed by atoms with E-state index in [4.69, 9.17) is 16.3 Å². The minimum absolute atomic E-state index is 0.0673. The number of pyridine rings is 1. The molecular weight excluding hydrogens is 428 g/mol. The molecule has 1 aliphatic rings. The summed E-state index contributed by atoms with van der Waals surface area (Å²) in [5.74, 6) is 1.99. The maximum Gasteiger partial charge on any atom is 0.163 e. The Morgan fingerprint density at radius 1 is 1.22 bits per heavy atom. The van der Waals surface area contributed by atoms with Crippen LogP contribution in [-0.2, 0) is 0 Å². The quantitative estimate of drug-likeness (QED) is 0.384. The summed E-state index contributed by atoms with van der Waals surface area (Å²) >= 11 is 5.92. The van der Waals surface area contributed by atoms with E-state index in [1.54, 1.807) is 12.3 Å². The number of aliphatic hydroxyl groups is 2. The van der Waals surface area contributed by atoms with Crippen LogP contribution in [0.4, 0.5) is 5.82 Å². The molecule has 0 bridgehead atoms. The Morgan fingerprint density at radius 2 is 1.97 bits per heavy atom. The van der Waals surface area contributed by atoms with Crippen molar-refractivity contribution in [1.82, 2.24) is 4.98 Å². The zero-order chi connectivity index (χ0) is 22.9. The van der Waals surface area contributed by atoms with Crippen molar-refractivity contribution >= 4 is 23.2 Å². The minimum Gasteiger partial charge on any atom is -0.494 e. The number of hydrogen-bond donors (Lipinski definition) is 2. The van der Waals surface area contributed by atoms with Gasteiger partial charge in [-0.1, -0.05) is 11.6 Å². The fraction of sp³-hybridized carbons (Fsp3) is 0.520. The molecule has 174 valence electrons. The number of rotatable bonds is 11. The summed E-state index contributed by atoms with van der Waals surface area (Å²) in [5, 5.41) is 19.0. The fourth-order valence-corrected chi connectivity index (χ4v) is 4.28. The first-order valence-electron chi connectivity index (χ1n) is 11.3. The average Bonchev–Trinajstić information content (AvgIpc) is 2.81. The highest BCUT2D eigenvalue weighted by molar-refractivity contribution is 6.30. The van der Waals surface area contributed by atoms with Gasteiger partial charge in [0.25, 0.3) is 0 Å². The van der Waals surface area contributed by atoms with E-state index in [-0.39, 0.29) is 25.4 Å². The van der Waals surface area contributed by atoms with Gasteiger partial charge in [0.2, 0.25) is 0 Å². The zero-order valence-electron chi connectivity index (χ0n) is 18.7. The van der Waals surface area contributed by atoms with E-state index in [2.05, 4.69) is 9.88 Å². The van der Waals surface area contributed by atoms with Crippen molar-refractivity contribution in [2.75, 3.05) is 37.8 Å². The van der Waals surface area contributed by atoms with Crippen molar-refractivity contribution < 1.29 is 19.7 Å². The Balaban J connectivity index is 1.38. The molecule has 1 aromatic heterocycles. The summed E-state index contributed by atoms with van der Waals surface area (Å²) in [4.78, 5) is 19.1. The molecule has 7 heteroatoms. The molecule has 0 saturated carbocycles. The molecule has 1 aliphatic heterocycles. The van der Waals surface area contributed by atoms with Gasteiger partial charge in [0, 0.05) is 50.4 Å². The van der Waals surface area contributed by atoms with Crippen molar-refractivity contribution in [3.63, 3.8) is 0 Å². The molecule has 0 radical (unpaired) electrons. The number of halogens is 1. The van der Waals surface area contributed by atoms with E-state index >= 15 is 0 Å². The van der Waals surface area contributed by atoms with Crippen LogP contribution < -0.4 is 9.64 Å². The monoisotopic (exact) mass is 460 g/mol. The first-order valence-corrected chi connectivity index (χ1v) is 11.7. The van der Waals surface area contributed by atoms with Crippen molar-refractivity contribution in [3.8, 4) is 5.75 Å². The molecule has 3 rings (SSSR count). The zero-order valence-corrected chi connectivity index (χ0v) is 19.4. The van der Waals surface area contributed by atoms with Gasteiger partial charge in [-0.2, -0.15) is 0 Å². The van der Waals surface area contributed by atoms with Gasteiger partial charge in [-0.25, -0.2) is 4.98 Å². The Labute approximate surface area is 195 Å². The lowest BCUT2D eigenvalue weighted by molar-refractivity contribution is 0.0878. The van der Waals surface area contributed by atoms with Gasteiger partial charge >= 0.3 is 0 Å². The third-order valence-electron chi connectivity index (χ3n) is 6.16. The largest absolute Gasteiger partial charge is 0.494 e. The normalized spacial score (nSPS) is 14.7. The maximum atomic E-state index is 12.4. The SMILES string of the molecule is Cc1cc(OCCCC2CCN(c3ccc(Cl)cn3)CC2)ccc1C(=O)CC(CO)CO. The number of benzene rings is 1. The number of aliphatic hydroxyl groups excluding tert-OH is 2. The van der Waals surface area contributed by atoms with Crippen LogP contribution in [0.1, 0.15) is 48.0 Å². The molecule has 0 spiro atoms. The molecule has 2 aromatic rings. The summed E-state index contributed by atoms with van der Waals surface area (Å²) in [6.45, 7) is 4.18. The predicted molar refractivity (Wildman–Crippen MR) is 127 cm³/mol. The number of carbonyl (C=O) groups excluding carboxylic acids is 1. The van der Waals surface area contributed by atoms with Crippen LogP contribution >= 0.6 is 11.6 Å². The lowest BCUT2D eigenvalue weighted by Gasteiger charge is -2.32. The van der Waals surface area contributed by atoms with Crippen LogP contribution in [0, 0.1) is 18.8 Å². The van der Waals surface area contributed by atoms with E-state index in [9.17, 15) is 15.0 Å². The van der Waals surface area contributed by atoms with Crippen LogP contribution in [0.5, 0.6) is 5.75 Å². The van der Waals surface area contributed by atoms with Gasteiger partial charge in [-0.3, -0.25) is 4.79 Å². The molecular formula is C25H33ClN2O4. The van der Waals surface area contributed by atoms with Crippen molar-refractivity contribution in [2.45, 2.75) is 39.0 Å². The Hall–Kier alpha value is -2.15. The van der Waals surface area contributed by atoms with Crippen LogP contribution in [0.15, 0.2) is 36.5 Å². The Kier molecular flexibility index (Phi) is 9.33. The number of anilines is 1. The van der Waals surface area contributed by atoms with Crippen molar-refractivity contribution in [1.29, 1.82) is 0 Å². The molecule has 0 amide bonds.